The Kier molecular flexibility index (Phi) is 9.10. The minimum Gasteiger partial charge on any atom is -0.475 e. The van der Waals surface area contributed by atoms with Gasteiger partial charge in [0, 0.05) is 41.5 Å². The number of carboxylic acids is 1. The lowest BCUT2D eigenvalue weighted by Crippen LogP contribution is -2.53. The second kappa shape index (κ2) is 11.7. The maximum absolute atomic E-state index is 13.5. The quantitative estimate of drug-likeness (QED) is 0.421. The van der Waals surface area contributed by atoms with Gasteiger partial charge < -0.3 is 20.9 Å². The topological polar surface area (TPSA) is 105 Å². The largest absolute Gasteiger partial charge is 0.490 e. The Bertz CT molecular complexity index is 1140. The SMILES string of the molecule is NCCN1CCOC[C@H]1C(=O)Nc1cc(C(F)(F)F)cc2c1Cc1ccccc1S2.O=C(O)C(F)(F)F. The van der Waals surface area contributed by atoms with Gasteiger partial charge in [0.2, 0.25) is 5.91 Å². The number of carboxylic acid groups (broad SMARTS) is 1. The molecule has 1 atom stereocenters. The fourth-order valence-electron chi connectivity index (χ4n) is 3.78. The molecular weight excluding hydrogens is 528 g/mol. The molecule has 2 aliphatic heterocycles. The van der Waals surface area contributed by atoms with Gasteiger partial charge in [-0.2, -0.15) is 26.3 Å². The Labute approximate surface area is 211 Å². The van der Waals surface area contributed by atoms with Crippen molar-refractivity contribution < 1.29 is 45.8 Å². The molecule has 1 saturated heterocycles. The van der Waals surface area contributed by atoms with Gasteiger partial charge in [0.05, 0.1) is 18.8 Å². The predicted octanol–water partition coefficient (Wildman–Crippen LogP) is 3.99. The summed E-state index contributed by atoms with van der Waals surface area (Å²) < 4.78 is 77.7. The molecule has 14 heteroatoms. The number of benzene rings is 2. The number of fused-ring (bicyclic) bond motifs is 2. The van der Waals surface area contributed by atoms with Crippen molar-refractivity contribution in [3.8, 4) is 0 Å². The molecule has 0 aromatic heterocycles. The van der Waals surface area contributed by atoms with E-state index in [-0.39, 0.29) is 18.2 Å². The molecule has 2 heterocycles. The van der Waals surface area contributed by atoms with Crippen LogP contribution in [0.5, 0.6) is 0 Å². The molecule has 1 fully saturated rings. The molecule has 7 nitrogen and oxygen atoms in total. The molecular formula is C23H23F6N3O4S. The zero-order valence-electron chi connectivity index (χ0n) is 19.2. The van der Waals surface area contributed by atoms with Crippen LogP contribution in [0.2, 0.25) is 0 Å². The van der Waals surface area contributed by atoms with E-state index >= 15 is 0 Å². The number of hydrogen-bond acceptors (Lipinski definition) is 6. The predicted molar refractivity (Wildman–Crippen MR) is 122 cm³/mol. The fourth-order valence-corrected chi connectivity index (χ4v) is 4.93. The molecule has 1 amide bonds. The van der Waals surface area contributed by atoms with E-state index in [9.17, 15) is 31.1 Å². The van der Waals surface area contributed by atoms with Crippen LogP contribution in [0.1, 0.15) is 16.7 Å². The third-order valence-electron chi connectivity index (χ3n) is 5.55. The number of carbonyl (C=O) groups is 2. The summed E-state index contributed by atoms with van der Waals surface area (Å²) in [5.41, 5.74) is 6.78. The molecule has 0 spiro atoms. The first-order valence-electron chi connectivity index (χ1n) is 10.9. The number of carbonyl (C=O) groups excluding carboxylic acids is 1. The highest BCUT2D eigenvalue weighted by Gasteiger charge is 2.38. The fraction of sp³-hybridized carbons (Fsp3) is 0.391. The van der Waals surface area contributed by atoms with Crippen molar-refractivity contribution in [2.75, 3.05) is 38.2 Å². The summed E-state index contributed by atoms with van der Waals surface area (Å²) in [6.07, 6.45) is -9.13. The third-order valence-corrected chi connectivity index (χ3v) is 6.76. The number of morpholine rings is 1. The molecule has 4 rings (SSSR count). The summed E-state index contributed by atoms with van der Waals surface area (Å²) >= 11 is 1.30. The van der Waals surface area contributed by atoms with Gasteiger partial charge in [-0.1, -0.05) is 30.0 Å². The van der Waals surface area contributed by atoms with Crippen molar-refractivity contribution >= 4 is 29.3 Å². The average molecular weight is 552 g/mol. The van der Waals surface area contributed by atoms with Crippen molar-refractivity contribution in [2.45, 2.75) is 34.6 Å². The van der Waals surface area contributed by atoms with Gasteiger partial charge >= 0.3 is 18.3 Å². The zero-order valence-corrected chi connectivity index (χ0v) is 20.0. The molecule has 2 aromatic rings. The summed E-state index contributed by atoms with van der Waals surface area (Å²) in [4.78, 5) is 25.2. The van der Waals surface area contributed by atoms with E-state index in [1.807, 2.05) is 29.2 Å². The molecule has 4 N–H and O–H groups in total. The summed E-state index contributed by atoms with van der Waals surface area (Å²) in [5, 5.41) is 9.88. The number of amides is 1. The number of anilines is 1. The summed E-state index contributed by atoms with van der Waals surface area (Å²) in [6.45, 7) is 2.14. The molecule has 37 heavy (non-hydrogen) atoms. The van der Waals surface area contributed by atoms with E-state index in [0.717, 1.165) is 22.6 Å². The number of ether oxygens (including phenoxy) is 1. The molecule has 0 unspecified atom stereocenters. The number of rotatable bonds is 4. The minimum atomic E-state index is -5.08. The Morgan fingerprint density at radius 1 is 1.14 bits per heavy atom. The van der Waals surface area contributed by atoms with Crippen LogP contribution < -0.4 is 11.1 Å². The van der Waals surface area contributed by atoms with Gasteiger partial charge in [-0.05, 0) is 29.3 Å². The summed E-state index contributed by atoms with van der Waals surface area (Å²) in [7, 11) is 0. The lowest BCUT2D eigenvalue weighted by Gasteiger charge is -2.34. The maximum atomic E-state index is 13.5. The van der Waals surface area contributed by atoms with Gasteiger partial charge in [-0.25, -0.2) is 4.79 Å². The van der Waals surface area contributed by atoms with E-state index in [4.69, 9.17) is 20.4 Å². The number of halogens is 6. The molecule has 0 bridgehead atoms. The maximum Gasteiger partial charge on any atom is 0.490 e. The van der Waals surface area contributed by atoms with Crippen molar-refractivity contribution in [1.82, 2.24) is 4.90 Å². The molecule has 0 saturated carbocycles. The van der Waals surface area contributed by atoms with Crippen molar-refractivity contribution in [1.29, 1.82) is 0 Å². The Morgan fingerprint density at radius 2 is 1.81 bits per heavy atom. The van der Waals surface area contributed by atoms with Crippen LogP contribution in [0.15, 0.2) is 46.2 Å². The van der Waals surface area contributed by atoms with Gasteiger partial charge in [-0.3, -0.25) is 9.69 Å². The van der Waals surface area contributed by atoms with Crippen LogP contribution in [0.25, 0.3) is 0 Å². The van der Waals surface area contributed by atoms with E-state index in [1.165, 1.54) is 11.8 Å². The first-order valence-corrected chi connectivity index (χ1v) is 11.8. The lowest BCUT2D eigenvalue weighted by atomic mass is 9.99. The standard InChI is InChI=1S/C21H22F3N3O2S.C2HF3O2/c22-21(23,24)14-10-16(26-20(28)17-12-29-8-7-27(17)6-5-25)15-9-13-3-1-2-4-18(13)30-19(15)11-14;3-2(4,5)1(6)7/h1-4,10-11,17H,5-9,12,25H2,(H,26,28);(H,6,7)/t17-;/m0./s1. The highest BCUT2D eigenvalue weighted by molar-refractivity contribution is 7.99. The minimum absolute atomic E-state index is 0.185. The van der Waals surface area contributed by atoms with Crippen LogP contribution in [-0.2, 0) is 26.9 Å². The second-order valence-electron chi connectivity index (χ2n) is 8.09. The van der Waals surface area contributed by atoms with Gasteiger partial charge in [0.25, 0.3) is 0 Å². The molecule has 2 aromatic carbocycles. The first kappa shape index (κ1) is 28.8. The van der Waals surface area contributed by atoms with Crippen molar-refractivity contribution in [2.24, 2.45) is 5.73 Å². The highest BCUT2D eigenvalue weighted by atomic mass is 32.2. The van der Waals surface area contributed by atoms with Crippen LogP contribution in [0.3, 0.4) is 0 Å². The number of aliphatic carboxylic acids is 1. The second-order valence-corrected chi connectivity index (χ2v) is 9.18. The lowest BCUT2D eigenvalue weighted by molar-refractivity contribution is -0.192. The monoisotopic (exact) mass is 551 g/mol. The van der Waals surface area contributed by atoms with E-state index in [0.29, 0.717) is 43.1 Å². The molecule has 2 aliphatic rings. The normalized spacial score (nSPS) is 17.6. The Balaban J connectivity index is 0.000000479. The number of nitrogens with two attached hydrogens (primary N) is 1. The van der Waals surface area contributed by atoms with E-state index < -0.39 is 29.9 Å². The summed E-state index contributed by atoms with van der Waals surface area (Å²) in [6, 6.07) is 9.21. The number of nitrogens with one attached hydrogen (secondary N) is 1. The van der Waals surface area contributed by atoms with Gasteiger partial charge in [-0.15, -0.1) is 0 Å². The van der Waals surface area contributed by atoms with Gasteiger partial charge in [0.15, 0.2) is 0 Å². The number of nitrogens with zero attached hydrogens (tertiary/aromatic N) is 1. The number of hydrogen-bond donors (Lipinski definition) is 3. The Morgan fingerprint density at radius 3 is 2.43 bits per heavy atom. The Hall–Kier alpha value is -2.81. The van der Waals surface area contributed by atoms with E-state index in [1.54, 1.807) is 0 Å². The van der Waals surface area contributed by atoms with Crippen LogP contribution in [-0.4, -0.2) is 66.9 Å². The summed E-state index contributed by atoms with van der Waals surface area (Å²) in [5.74, 6) is -3.14. The average Bonchev–Trinajstić information content (AvgIpc) is 2.82. The molecule has 0 radical (unpaired) electrons. The van der Waals surface area contributed by atoms with Crippen molar-refractivity contribution in [3.63, 3.8) is 0 Å². The van der Waals surface area contributed by atoms with E-state index in [2.05, 4.69) is 5.32 Å². The first-order chi connectivity index (χ1) is 17.3. The van der Waals surface area contributed by atoms with Gasteiger partial charge in [0.1, 0.15) is 6.04 Å². The highest BCUT2D eigenvalue weighted by Crippen LogP contribution is 2.45. The van der Waals surface area contributed by atoms with Crippen molar-refractivity contribution in [3.05, 3.63) is 53.1 Å². The smallest absolute Gasteiger partial charge is 0.475 e. The molecule has 0 aliphatic carbocycles. The number of alkyl halides is 6. The van der Waals surface area contributed by atoms with Crippen LogP contribution in [0.4, 0.5) is 32.0 Å². The van der Waals surface area contributed by atoms with Crippen LogP contribution in [0, 0.1) is 0 Å². The molecule has 202 valence electrons. The third kappa shape index (κ3) is 7.37. The van der Waals surface area contributed by atoms with Crippen LogP contribution >= 0.6 is 11.8 Å². The zero-order chi connectivity index (χ0) is 27.4.